The van der Waals surface area contributed by atoms with Gasteiger partial charge in [0.2, 0.25) is 0 Å². The van der Waals surface area contributed by atoms with Crippen LogP contribution in [-0.2, 0) is 11.3 Å². The van der Waals surface area contributed by atoms with Crippen LogP contribution >= 0.6 is 11.3 Å². The quantitative estimate of drug-likeness (QED) is 0.468. The van der Waals surface area contributed by atoms with Crippen LogP contribution in [0.15, 0.2) is 41.1 Å². The second-order valence-electron chi connectivity index (χ2n) is 7.53. The van der Waals surface area contributed by atoms with E-state index in [2.05, 4.69) is 14.9 Å². The van der Waals surface area contributed by atoms with Crippen molar-refractivity contribution in [2.24, 2.45) is 0 Å². The molecule has 160 valence electrons. The van der Waals surface area contributed by atoms with Gasteiger partial charge in [-0.1, -0.05) is 11.3 Å². The normalized spacial score (nSPS) is 15.6. The molecule has 0 atom stereocenters. The summed E-state index contributed by atoms with van der Waals surface area (Å²) in [5.41, 5.74) is 2.41. The van der Waals surface area contributed by atoms with Crippen LogP contribution in [0, 0.1) is 0 Å². The lowest BCUT2D eigenvalue weighted by Gasteiger charge is -2.30. The van der Waals surface area contributed by atoms with E-state index in [1.165, 1.54) is 12.3 Å². The smallest absolute Gasteiger partial charge is 0.337 e. The lowest BCUT2D eigenvalue weighted by molar-refractivity contribution is 0.0389. The highest BCUT2D eigenvalue weighted by atomic mass is 32.1. The number of nitrogens with zero attached hydrogens (tertiary/aromatic N) is 3. The number of aromatic nitrogens is 2. The van der Waals surface area contributed by atoms with Gasteiger partial charge in [0.1, 0.15) is 11.3 Å². The van der Waals surface area contributed by atoms with Gasteiger partial charge in [-0.2, -0.15) is 4.98 Å². The summed E-state index contributed by atoms with van der Waals surface area (Å²) < 4.78 is 17.6. The first-order valence-electron chi connectivity index (χ1n) is 10.0. The number of furan rings is 1. The maximum atomic E-state index is 11.4. The van der Waals surface area contributed by atoms with Crippen LogP contribution in [0.4, 0.5) is 0 Å². The molecule has 31 heavy (non-hydrogen) atoms. The Morgan fingerprint density at radius 2 is 2.16 bits per heavy atom. The Bertz CT molecular complexity index is 1240. The first kappa shape index (κ1) is 19.9. The zero-order chi connectivity index (χ0) is 21.4. The van der Waals surface area contributed by atoms with Crippen molar-refractivity contribution in [3.8, 4) is 10.9 Å². The number of likely N-dealkylation sites (tertiary alicyclic amines) is 1. The third-order valence-corrected chi connectivity index (χ3v) is 6.55. The summed E-state index contributed by atoms with van der Waals surface area (Å²) in [6, 6.07) is 7.14. The number of methoxy groups -OCH3 is 1. The predicted molar refractivity (Wildman–Crippen MR) is 116 cm³/mol. The summed E-state index contributed by atoms with van der Waals surface area (Å²) in [6.45, 7) is 2.86. The van der Waals surface area contributed by atoms with Gasteiger partial charge in [-0.05, 0) is 31.0 Å². The van der Waals surface area contributed by atoms with Crippen molar-refractivity contribution < 1.29 is 23.8 Å². The molecule has 4 aromatic rings. The van der Waals surface area contributed by atoms with E-state index >= 15 is 0 Å². The molecule has 1 aromatic carbocycles. The Morgan fingerprint density at radius 1 is 1.32 bits per heavy atom. The Labute approximate surface area is 182 Å². The number of carbonyl (C=O) groups is 1. The van der Waals surface area contributed by atoms with Gasteiger partial charge >= 0.3 is 5.97 Å². The second kappa shape index (κ2) is 8.26. The molecule has 1 fully saturated rings. The van der Waals surface area contributed by atoms with E-state index in [0.717, 1.165) is 60.3 Å². The van der Waals surface area contributed by atoms with E-state index in [0.29, 0.717) is 27.4 Å². The van der Waals surface area contributed by atoms with Crippen LogP contribution in [0.2, 0.25) is 0 Å². The SMILES string of the molecule is COC1CCN(Cc2coc3cc(Oc4nc5nccc(C(=O)O)c5s4)ccc23)CC1. The van der Waals surface area contributed by atoms with E-state index < -0.39 is 5.97 Å². The number of hydrogen-bond acceptors (Lipinski definition) is 8. The Hall–Kier alpha value is -3.01. The fourth-order valence-electron chi connectivity index (χ4n) is 3.92. The summed E-state index contributed by atoms with van der Waals surface area (Å²) in [4.78, 5) is 22.2. The molecule has 3 aromatic heterocycles. The maximum Gasteiger partial charge on any atom is 0.337 e. The minimum Gasteiger partial charge on any atom is -0.478 e. The van der Waals surface area contributed by atoms with E-state index in [1.54, 1.807) is 13.4 Å². The molecule has 4 heterocycles. The lowest BCUT2D eigenvalue weighted by atomic mass is 10.1. The summed E-state index contributed by atoms with van der Waals surface area (Å²) in [7, 11) is 1.78. The zero-order valence-electron chi connectivity index (χ0n) is 16.9. The summed E-state index contributed by atoms with van der Waals surface area (Å²) in [5.74, 6) is -0.441. The molecule has 0 radical (unpaired) electrons. The fourth-order valence-corrected chi connectivity index (χ4v) is 4.82. The molecule has 1 aliphatic rings. The molecule has 5 rings (SSSR count). The molecular weight excluding hydrogens is 418 g/mol. The maximum absolute atomic E-state index is 11.4. The second-order valence-corrected chi connectivity index (χ2v) is 8.49. The van der Waals surface area contributed by atoms with E-state index in [4.69, 9.17) is 13.9 Å². The molecule has 0 unspecified atom stereocenters. The van der Waals surface area contributed by atoms with Gasteiger partial charge in [0.25, 0.3) is 5.19 Å². The molecule has 0 saturated carbocycles. The summed E-state index contributed by atoms with van der Waals surface area (Å²) >= 11 is 1.16. The van der Waals surface area contributed by atoms with Crippen LogP contribution in [0.5, 0.6) is 10.9 Å². The molecule has 0 spiro atoms. The van der Waals surface area contributed by atoms with Gasteiger partial charge in [-0.25, -0.2) is 9.78 Å². The molecule has 9 heteroatoms. The highest BCUT2D eigenvalue weighted by Crippen LogP contribution is 2.34. The molecular formula is C22H21N3O5S. The molecule has 0 amide bonds. The minimum atomic E-state index is -1.02. The number of ether oxygens (including phenoxy) is 2. The van der Waals surface area contributed by atoms with Crippen LogP contribution in [0.1, 0.15) is 28.8 Å². The van der Waals surface area contributed by atoms with Gasteiger partial charge in [0.05, 0.1) is 22.6 Å². The molecule has 1 aliphatic heterocycles. The van der Waals surface area contributed by atoms with Gasteiger partial charge in [-0.3, -0.25) is 4.90 Å². The topological polar surface area (TPSA) is 97.9 Å². The highest BCUT2D eigenvalue weighted by molar-refractivity contribution is 7.20. The van der Waals surface area contributed by atoms with Crippen LogP contribution in [-0.4, -0.2) is 52.2 Å². The third-order valence-electron chi connectivity index (χ3n) is 5.60. The Kier molecular flexibility index (Phi) is 5.31. The number of fused-ring (bicyclic) bond motifs is 2. The van der Waals surface area contributed by atoms with Gasteiger partial charge in [0.15, 0.2) is 5.65 Å². The number of aromatic carboxylic acids is 1. The zero-order valence-corrected chi connectivity index (χ0v) is 17.7. The standard InChI is InChI=1S/C22H21N3O5S/c1-28-14-5-8-25(9-6-14)11-13-12-29-18-10-15(2-3-16(13)18)30-22-24-20-19(31-22)17(21(26)27)4-7-23-20/h2-4,7,10,12,14H,5-6,8-9,11H2,1H3,(H,26,27). The van der Waals surface area contributed by atoms with Crippen molar-refractivity contribution in [3.05, 3.63) is 47.9 Å². The fraction of sp³-hybridized carbons (Fsp3) is 0.318. The molecule has 1 N–H and O–H groups in total. The number of thiazole rings is 1. The summed E-state index contributed by atoms with van der Waals surface area (Å²) in [6.07, 6.45) is 5.69. The number of benzene rings is 1. The third kappa shape index (κ3) is 3.99. The monoisotopic (exact) mass is 439 g/mol. The van der Waals surface area contributed by atoms with Crippen LogP contribution in [0.3, 0.4) is 0 Å². The average molecular weight is 439 g/mol. The number of piperidine rings is 1. The number of rotatable bonds is 6. The predicted octanol–water partition coefficient (Wildman–Crippen LogP) is 4.54. The largest absolute Gasteiger partial charge is 0.478 e. The number of hydrogen-bond donors (Lipinski definition) is 1. The minimum absolute atomic E-state index is 0.165. The van der Waals surface area contributed by atoms with Crippen molar-refractivity contribution in [1.29, 1.82) is 0 Å². The van der Waals surface area contributed by atoms with Gasteiger partial charge < -0.3 is 19.0 Å². The molecule has 8 nitrogen and oxygen atoms in total. The van der Waals surface area contributed by atoms with E-state index in [9.17, 15) is 9.90 Å². The Balaban J connectivity index is 1.34. The van der Waals surface area contributed by atoms with Crippen LogP contribution in [0.25, 0.3) is 21.3 Å². The average Bonchev–Trinajstić information content (AvgIpc) is 3.37. The molecule has 1 saturated heterocycles. The first-order valence-corrected chi connectivity index (χ1v) is 10.8. The van der Waals surface area contributed by atoms with Crippen molar-refractivity contribution in [2.45, 2.75) is 25.5 Å². The van der Waals surface area contributed by atoms with Crippen molar-refractivity contribution in [3.63, 3.8) is 0 Å². The Morgan fingerprint density at radius 3 is 2.94 bits per heavy atom. The van der Waals surface area contributed by atoms with Crippen molar-refractivity contribution in [2.75, 3.05) is 20.2 Å². The highest BCUT2D eigenvalue weighted by Gasteiger charge is 2.20. The van der Waals surface area contributed by atoms with Crippen molar-refractivity contribution in [1.82, 2.24) is 14.9 Å². The van der Waals surface area contributed by atoms with Gasteiger partial charge in [-0.15, -0.1) is 0 Å². The van der Waals surface area contributed by atoms with Gasteiger partial charge in [0, 0.05) is 50.0 Å². The first-order chi connectivity index (χ1) is 15.1. The van der Waals surface area contributed by atoms with Crippen molar-refractivity contribution >= 4 is 38.6 Å². The van der Waals surface area contributed by atoms with E-state index in [1.807, 2.05) is 18.2 Å². The number of carboxylic acids is 1. The summed E-state index contributed by atoms with van der Waals surface area (Å²) in [5, 5.41) is 10.7. The lowest BCUT2D eigenvalue weighted by Crippen LogP contribution is -2.36. The molecule has 0 bridgehead atoms. The number of pyridine rings is 1. The van der Waals surface area contributed by atoms with E-state index in [-0.39, 0.29) is 5.56 Å². The molecule has 0 aliphatic carbocycles. The number of carboxylic acid groups (broad SMARTS) is 1. The van der Waals surface area contributed by atoms with Crippen LogP contribution < -0.4 is 4.74 Å².